The highest BCUT2D eigenvalue weighted by Gasteiger charge is 2.26. The molecule has 3 heteroatoms. The number of ketones is 1. The molecule has 0 radical (unpaired) electrons. The molecule has 2 unspecified atom stereocenters. The van der Waals surface area contributed by atoms with E-state index >= 15 is 0 Å². The van der Waals surface area contributed by atoms with E-state index < -0.39 is 10.8 Å². The van der Waals surface area contributed by atoms with Crippen LogP contribution in [0.5, 0.6) is 0 Å². The van der Waals surface area contributed by atoms with Crippen molar-refractivity contribution in [3.63, 3.8) is 0 Å². The Bertz CT molecular complexity index is 201. The van der Waals surface area contributed by atoms with Gasteiger partial charge in [-0.1, -0.05) is 19.8 Å². The fourth-order valence-electron chi connectivity index (χ4n) is 1.66. The molecule has 1 rings (SSSR count). The molecule has 1 aliphatic carbocycles. The highest BCUT2D eigenvalue weighted by atomic mass is 32.2. The van der Waals surface area contributed by atoms with Crippen LogP contribution in [0, 0.1) is 0 Å². The monoisotopic (exact) mass is 202 g/mol. The van der Waals surface area contributed by atoms with Crippen molar-refractivity contribution in [2.45, 2.75) is 50.7 Å². The van der Waals surface area contributed by atoms with Gasteiger partial charge in [-0.15, -0.1) is 0 Å². The SMILES string of the molecule is CCCCS(=O)C1CCCCC1=O. The number of carbonyl (C=O) groups excluding carboxylic acids is 1. The van der Waals surface area contributed by atoms with Crippen LogP contribution in [0.2, 0.25) is 0 Å². The quantitative estimate of drug-likeness (QED) is 0.699. The predicted molar refractivity (Wildman–Crippen MR) is 55.2 cm³/mol. The highest BCUT2D eigenvalue weighted by molar-refractivity contribution is 7.86. The molecule has 0 spiro atoms. The summed E-state index contributed by atoms with van der Waals surface area (Å²) >= 11 is 0. The van der Waals surface area contributed by atoms with E-state index in [4.69, 9.17) is 0 Å². The first-order valence-corrected chi connectivity index (χ1v) is 6.53. The second kappa shape index (κ2) is 5.53. The van der Waals surface area contributed by atoms with Crippen LogP contribution in [-0.2, 0) is 15.6 Å². The maximum Gasteiger partial charge on any atom is 0.148 e. The molecule has 0 aromatic rings. The summed E-state index contributed by atoms with van der Waals surface area (Å²) < 4.78 is 11.7. The molecule has 0 aromatic carbocycles. The smallest absolute Gasteiger partial charge is 0.148 e. The average molecular weight is 202 g/mol. The van der Waals surface area contributed by atoms with Crippen molar-refractivity contribution in [3.05, 3.63) is 0 Å². The van der Waals surface area contributed by atoms with Crippen molar-refractivity contribution >= 4 is 16.6 Å². The molecule has 0 aliphatic heterocycles. The molecule has 1 aliphatic rings. The summed E-state index contributed by atoms with van der Waals surface area (Å²) in [4.78, 5) is 11.4. The molecule has 0 bridgehead atoms. The fourth-order valence-corrected chi connectivity index (χ4v) is 3.36. The Balaban J connectivity index is 2.39. The highest BCUT2D eigenvalue weighted by Crippen LogP contribution is 2.19. The Morgan fingerprint density at radius 3 is 2.85 bits per heavy atom. The molecule has 0 amide bonds. The minimum absolute atomic E-state index is 0.125. The largest absolute Gasteiger partial charge is 0.298 e. The maximum atomic E-state index is 11.7. The van der Waals surface area contributed by atoms with Crippen LogP contribution in [0.1, 0.15) is 45.4 Å². The van der Waals surface area contributed by atoms with Gasteiger partial charge in [0.25, 0.3) is 0 Å². The van der Waals surface area contributed by atoms with E-state index in [1.807, 2.05) is 0 Å². The second-order valence-electron chi connectivity index (χ2n) is 3.64. The first kappa shape index (κ1) is 10.9. The van der Waals surface area contributed by atoms with Crippen LogP contribution < -0.4 is 0 Å². The summed E-state index contributed by atoms with van der Waals surface area (Å²) in [6.45, 7) is 2.08. The van der Waals surface area contributed by atoms with Gasteiger partial charge in [0, 0.05) is 23.0 Å². The first-order valence-electron chi connectivity index (χ1n) is 5.15. The van der Waals surface area contributed by atoms with E-state index in [0.717, 1.165) is 32.1 Å². The van der Waals surface area contributed by atoms with E-state index in [9.17, 15) is 9.00 Å². The summed E-state index contributed by atoms with van der Waals surface area (Å²) in [5.74, 6) is 0.952. The number of unbranched alkanes of at least 4 members (excludes halogenated alkanes) is 1. The minimum Gasteiger partial charge on any atom is -0.298 e. The molecular formula is C10H18O2S. The predicted octanol–water partition coefficient (Wildman–Crippen LogP) is 2.05. The third kappa shape index (κ3) is 3.22. The van der Waals surface area contributed by atoms with E-state index in [1.54, 1.807) is 0 Å². The molecule has 0 heterocycles. The normalized spacial score (nSPS) is 25.9. The lowest BCUT2D eigenvalue weighted by molar-refractivity contribution is -0.119. The van der Waals surface area contributed by atoms with Crippen molar-refractivity contribution in [2.24, 2.45) is 0 Å². The molecule has 1 fully saturated rings. The van der Waals surface area contributed by atoms with Crippen molar-refractivity contribution in [3.8, 4) is 0 Å². The van der Waals surface area contributed by atoms with Gasteiger partial charge in [-0.25, -0.2) is 0 Å². The van der Waals surface area contributed by atoms with Crippen LogP contribution in [0.3, 0.4) is 0 Å². The molecule has 0 saturated heterocycles. The lowest BCUT2D eigenvalue weighted by Gasteiger charge is -2.19. The zero-order valence-electron chi connectivity index (χ0n) is 8.25. The molecule has 13 heavy (non-hydrogen) atoms. The fraction of sp³-hybridized carbons (Fsp3) is 0.900. The molecule has 0 aromatic heterocycles. The number of carbonyl (C=O) groups is 1. The third-order valence-electron chi connectivity index (χ3n) is 2.52. The van der Waals surface area contributed by atoms with Crippen LogP contribution in [0.4, 0.5) is 0 Å². The van der Waals surface area contributed by atoms with Crippen LogP contribution in [0.15, 0.2) is 0 Å². The van der Waals surface area contributed by atoms with Crippen LogP contribution >= 0.6 is 0 Å². The van der Waals surface area contributed by atoms with Crippen molar-refractivity contribution < 1.29 is 9.00 Å². The average Bonchev–Trinajstić information content (AvgIpc) is 2.15. The number of hydrogen-bond acceptors (Lipinski definition) is 2. The third-order valence-corrected chi connectivity index (χ3v) is 4.34. The van der Waals surface area contributed by atoms with Crippen LogP contribution in [0.25, 0.3) is 0 Å². The van der Waals surface area contributed by atoms with Crippen molar-refractivity contribution in [1.82, 2.24) is 0 Å². The topological polar surface area (TPSA) is 34.1 Å². The van der Waals surface area contributed by atoms with Gasteiger partial charge in [-0.05, 0) is 19.3 Å². The van der Waals surface area contributed by atoms with E-state index in [2.05, 4.69) is 6.92 Å². The minimum atomic E-state index is -0.886. The Morgan fingerprint density at radius 1 is 1.46 bits per heavy atom. The second-order valence-corrected chi connectivity index (χ2v) is 5.38. The Labute approximate surface area is 82.6 Å². The number of hydrogen-bond donors (Lipinski definition) is 0. The number of rotatable bonds is 4. The summed E-state index contributed by atoms with van der Waals surface area (Å²) in [5, 5.41) is -0.125. The van der Waals surface area contributed by atoms with Gasteiger partial charge in [0.1, 0.15) is 5.78 Å². The van der Waals surface area contributed by atoms with Gasteiger partial charge in [-0.2, -0.15) is 0 Å². The Hall–Kier alpha value is -0.180. The summed E-state index contributed by atoms with van der Waals surface area (Å²) in [6.07, 6.45) is 5.63. The van der Waals surface area contributed by atoms with Gasteiger partial charge in [-0.3, -0.25) is 9.00 Å². The molecule has 76 valence electrons. The maximum absolute atomic E-state index is 11.7. The Morgan fingerprint density at radius 2 is 2.23 bits per heavy atom. The standard InChI is InChI=1S/C10H18O2S/c1-2-3-8-13(12)10-7-5-4-6-9(10)11/h10H,2-8H2,1H3. The zero-order valence-corrected chi connectivity index (χ0v) is 9.07. The summed E-state index contributed by atoms with van der Waals surface area (Å²) in [5.41, 5.74) is 0. The van der Waals surface area contributed by atoms with E-state index in [0.29, 0.717) is 12.2 Å². The number of Topliss-reactive ketones (excluding diaryl/α,β-unsaturated/α-hetero) is 1. The lowest BCUT2D eigenvalue weighted by Crippen LogP contribution is -2.30. The first-order chi connectivity index (χ1) is 6.25. The van der Waals surface area contributed by atoms with Crippen LogP contribution in [-0.4, -0.2) is 21.0 Å². The van der Waals surface area contributed by atoms with Crippen molar-refractivity contribution in [1.29, 1.82) is 0 Å². The summed E-state index contributed by atoms with van der Waals surface area (Å²) in [6, 6.07) is 0. The lowest BCUT2D eigenvalue weighted by atomic mass is 9.99. The van der Waals surface area contributed by atoms with Gasteiger partial charge >= 0.3 is 0 Å². The summed E-state index contributed by atoms with van der Waals surface area (Å²) in [7, 11) is -0.886. The molecule has 2 atom stereocenters. The molecule has 0 N–H and O–H groups in total. The van der Waals surface area contributed by atoms with Crippen molar-refractivity contribution in [2.75, 3.05) is 5.75 Å². The molecular weight excluding hydrogens is 184 g/mol. The molecule has 2 nitrogen and oxygen atoms in total. The Kier molecular flexibility index (Phi) is 4.64. The van der Waals surface area contributed by atoms with E-state index in [-0.39, 0.29) is 11.0 Å². The van der Waals surface area contributed by atoms with E-state index in [1.165, 1.54) is 0 Å². The van der Waals surface area contributed by atoms with Gasteiger partial charge in [0.2, 0.25) is 0 Å². The van der Waals surface area contributed by atoms with Gasteiger partial charge in [0.05, 0.1) is 5.25 Å². The zero-order chi connectivity index (χ0) is 9.68. The molecule has 1 saturated carbocycles. The van der Waals surface area contributed by atoms with Gasteiger partial charge in [0.15, 0.2) is 0 Å². The van der Waals surface area contributed by atoms with Gasteiger partial charge < -0.3 is 0 Å².